The van der Waals surface area contributed by atoms with E-state index in [0.717, 1.165) is 0 Å². The molecule has 1 spiro atoms. The third kappa shape index (κ3) is 1.46. The second-order valence-corrected chi connectivity index (χ2v) is 6.14. The van der Waals surface area contributed by atoms with Crippen molar-refractivity contribution in [1.29, 1.82) is 0 Å². The van der Waals surface area contributed by atoms with Crippen LogP contribution < -0.4 is 10.6 Å². The summed E-state index contributed by atoms with van der Waals surface area (Å²) in [6.07, 6.45) is 0.310. The van der Waals surface area contributed by atoms with Crippen LogP contribution in [0.2, 0.25) is 5.02 Å². The molecule has 2 aliphatic heterocycles. The second-order valence-electron chi connectivity index (χ2n) is 4.23. The van der Waals surface area contributed by atoms with Crippen molar-refractivity contribution in [3.63, 3.8) is 0 Å². The molecule has 2 atom stereocenters. The highest BCUT2D eigenvalue weighted by Gasteiger charge is 2.53. The van der Waals surface area contributed by atoms with E-state index in [1.54, 1.807) is 18.2 Å². The molecule has 94 valence electrons. The molecule has 1 saturated heterocycles. The molecule has 5 nitrogen and oxygen atoms in total. The minimum absolute atomic E-state index is 0.296. The topological polar surface area (TPSA) is 81.3 Å². The molecule has 3 amide bonds. The first-order chi connectivity index (χ1) is 8.54. The Hall–Kier alpha value is -1.24. The van der Waals surface area contributed by atoms with Gasteiger partial charge < -0.3 is 9.87 Å². The Morgan fingerprint density at radius 3 is 2.83 bits per heavy atom. The van der Waals surface area contributed by atoms with Crippen molar-refractivity contribution in [2.45, 2.75) is 16.9 Å². The Kier molecular flexibility index (Phi) is 2.55. The van der Waals surface area contributed by atoms with Gasteiger partial charge in [-0.15, -0.1) is 0 Å². The molecular formula is C11H9ClN2O3S. The zero-order valence-corrected chi connectivity index (χ0v) is 10.7. The fourth-order valence-electron chi connectivity index (χ4n) is 2.42. The first-order valence-corrected chi connectivity index (χ1v) is 7.05. The van der Waals surface area contributed by atoms with Gasteiger partial charge in [0, 0.05) is 12.0 Å². The van der Waals surface area contributed by atoms with Gasteiger partial charge in [0.15, 0.2) is 10.4 Å². The standard InChI is InChI=1S/C11H9ClN2O3S/c12-7-3-1-2-6-8(7)18(17)5-4-11(6)9(15)13-10(16)14-11/h1-3H,4-5H2,(H2,13,14,15,16). The lowest BCUT2D eigenvalue weighted by Crippen LogP contribution is -2.48. The third-order valence-electron chi connectivity index (χ3n) is 3.26. The number of carbonyl (C=O) groups is 2. The van der Waals surface area contributed by atoms with Crippen LogP contribution in [-0.2, 0) is 21.5 Å². The predicted molar refractivity (Wildman–Crippen MR) is 65.7 cm³/mol. The molecule has 1 fully saturated rings. The molecule has 0 radical (unpaired) electrons. The van der Waals surface area contributed by atoms with Crippen molar-refractivity contribution in [2.24, 2.45) is 0 Å². The molecule has 1 aromatic carbocycles. The maximum Gasteiger partial charge on any atom is 0.322 e. The number of amides is 3. The van der Waals surface area contributed by atoms with E-state index in [9.17, 15) is 14.1 Å². The fourth-order valence-corrected chi connectivity index (χ4v) is 4.32. The summed E-state index contributed by atoms with van der Waals surface area (Å²) in [6.45, 7) is 0. The predicted octanol–water partition coefficient (Wildman–Crippen LogP) is 0.886. The van der Waals surface area contributed by atoms with Gasteiger partial charge in [0.25, 0.3) is 5.91 Å². The number of fused-ring (bicyclic) bond motifs is 2. The van der Waals surface area contributed by atoms with Gasteiger partial charge in [0.2, 0.25) is 0 Å². The monoisotopic (exact) mass is 284 g/mol. The van der Waals surface area contributed by atoms with Gasteiger partial charge in [-0.1, -0.05) is 23.7 Å². The van der Waals surface area contributed by atoms with Crippen molar-refractivity contribution in [3.8, 4) is 0 Å². The number of rotatable bonds is 0. The molecule has 0 aliphatic carbocycles. The van der Waals surface area contributed by atoms with Crippen LogP contribution in [-0.4, -0.2) is 22.2 Å². The van der Waals surface area contributed by atoms with Crippen LogP contribution in [0.4, 0.5) is 4.79 Å². The maximum atomic E-state index is 12.0. The molecule has 1 aromatic rings. The van der Waals surface area contributed by atoms with Gasteiger partial charge in [-0.2, -0.15) is 0 Å². The number of hydrogen-bond acceptors (Lipinski definition) is 3. The van der Waals surface area contributed by atoms with Crippen LogP contribution in [0.3, 0.4) is 0 Å². The molecule has 0 bridgehead atoms. The van der Waals surface area contributed by atoms with Gasteiger partial charge in [-0.3, -0.25) is 10.1 Å². The summed E-state index contributed by atoms with van der Waals surface area (Å²) in [5.41, 5.74) is -0.589. The second kappa shape index (κ2) is 3.88. The smallest absolute Gasteiger partial charge is 0.322 e. The van der Waals surface area contributed by atoms with E-state index >= 15 is 0 Å². The van der Waals surface area contributed by atoms with Crippen LogP contribution in [0, 0.1) is 0 Å². The van der Waals surface area contributed by atoms with Gasteiger partial charge in [0.05, 0.1) is 5.02 Å². The molecule has 3 rings (SSSR count). The third-order valence-corrected chi connectivity index (χ3v) is 5.16. The summed E-state index contributed by atoms with van der Waals surface area (Å²) in [6, 6.07) is 4.47. The summed E-state index contributed by atoms with van der Waals surface area (Å²) in [7, 11) is 0. The Morgan fingerprint density at radius 2 is 2.17 bits per heavy atom. The normalized spacial score (nSPS) is 30.0. The number of imide groups is 1. The zero-order chi connectivity index (χ0) is 12.9. The van der Waals surface area contributed by atoms with Crippen LogP contribution in [0.1, 0.15) is 12.0 Å². The quantitative estimate of drug-likeness (QED) is 0.548. The molecule has 0 saturated carbocycles. The molecule has 2 aliphatic rings. The summed E-state index contributed by atoms with van der Waals surface area (Å²) in [5.74, 6) is -0.113. The Morgan fingerprint density at radius 1 is 1.39 bits per heavy atom. The van der Waals surface area contributed by atoms with Crippen molar-refractivity contribution < 1.29 is 14.1 Å². The Bertz CT molecular complexity index is 565. The van der Waals surface area contributed by atoms with Crippen molar-refractivity contribution >= 4 is 34.7 Å². The minimum atomic E-state index is -1.24. The average molecular weight is 285 g/mol. The number of urea groups is 1. The zero-order valence-electron chi connectivity index (χ0n) is 9.16. The number of halogens is 1. The molecule has 2 N–H and O–H groups in total. The molecule has 7 heteroatoms. The van der Waals surface area contributed by atoms with Crippen LogP contribution in [0.25, 0.3) is 0 Å². The van der Waals surface area contributed by atoms with E-state index in [0.29, 0.717) is 27.7 Å². The first-order valence-electron chi connectivity index (χ1n) is 5.35. The highest BCUT2D eigenvalue weighted by Crippen LogP contribution is 2.41. The summed E-state index contributed by atoms with van der Waals surface area (Å²) < 4.78 is 12.0. The lowest BCUT2D eigenvalue weighted by Gasteiger charge is -2.33. The Balaban J connectivity index is 2.23. The van der Waals surface area contributed by atoms with E-state index in [4.69, 9.17) is 11.6 Å². The van der Waals surface area contributed by atoms with Crippen LogP contribution in [0.5, 0.6) is 0 Å². The number of hydrogen-bond donors (Lipinski definition) is 2. The lowest BCUT2D eigenvalue weighted by molar-refractivity contribution is -0.124. The average Bonchev–Trinajstić information content (AvgIpc) is 2.60. The van der Waals surface area contributed by atoms with Crippen LogP contribution in [0.15, 0.2) is 23.1 Å². The molecular weight excluding hydrogens is 276 g/mol. The number of carbonyl (C=O) groups excluding carboxylic acids is 2. The SMILES string of the molecule is O=C1NC(=O)C2(CC[S+]([O-])c3c(Cl)cccc32)N1. The summed E-state index contributed by atoms with van der Waals surface area (Å²) >= 11 is 4.81. The first kappa shape index (κ1) is 11.8. The van der Waals surface area contributed by atoms with Crippen molar-refractivity contribution in [3.05, 3.63) is 28.8 Å². The molecule has 0 aromatic heterocycles. The van der Waals surface area contributed by atoms with Crippen molar-refractivity contribution in [2.75, 3.05) is 5.75 Å². The summed E-state index contributed by atoms with van der Waals surface area (Å²) in [4.78, 5) is 23.8. The maximum absolute atomic E-state index is 12.0. The highest BCUT2D eigenvalue weighted by molar-refractivity contribution is 7.91. The summed E-state index contributed by atoms with van der Waals surface area (Å²) in [5, 5.41) is 5.21. The lowest BCUT2D eigenvalue weighted by atomic mass is 9.87. The Labute approximate surface area is 111 Å². The van der Waals surface area contributed by atoms with Gasteiger partial charge in [-0.05, 0) is 17.2 Å². The fraction of sp³-hybridized carbons (Fsp3) is 0.273. The van der Waals surface area contributed by atoms with E-state index in [-0.39, 0.29) is 0 Å². The highest BCUT2D eigenvalue weighted by atomic mass is 35.5. The largest absolute Gasteiger partial charge is 0.611 e. The van der Waals surface area contributed by atoms with E-state index in [1.165, 1.54) is 0 Å². The number of benzene rings is 1. The molecule has 2 heterocycles. The number of nitrogens with one attached hydrogen (secondary N) is 2. The minimum Gasteiger partial charge on any atom is -0.611 e. The van der Waals surface area contributed by atoms with Gasteiger partial charge >= 0.3 is 6.03 Å². The van der Waals surface area contributed by atoms with Crippen LogP contribution >= 0.6 is 11.6 Å². The van der Waals surface area contributed by atoms with Gasteiger partial charge in [0.1, 0.15) is 5.75 Å². The van der Waals surface area contributed by atoms with E-state index in [1.807, 2.05) is 0 Å². The van der Waals surface area contributed by atoms with Crippen molar-refractivity contribution in [1.82, 2.24) is 10.6 Å². The van der Waals surface area contributed by atoms with Gasteiger partial charge in [-0.25, -0.2) is 4.79 Å². The molecule has 18 heavy (non-hydrogen) atoms. The van der Waals surface area contributed by atoms with E-state index in [2.05, 4.69) is 10.6 Å². The molecule has 2 unspecified atom stereocenters. The van der Waals surface area contributed by atoms with E-state index < -0.39 is 28.7 Å².